The van der Waals surface area contributed by atoms with E-state index in [1.54, 1.807) is 24.5 Å². The van der Waals surface area contributed by atoms with E-state index in [9.17, 15) is 4.79 Å². The Hall–Kier alpha value is -2.24. The summed E-state index contributed by atoms with van der Waals surface area (Å²) < 4.78 is 5.70. The molecule has 2 heterocycles. The van der Waals surface area contributed by atoms with E-state index in [0.717, 1.165) is 31.2 Å². The molecule has 21 heavy (non-hydrogen) atoms. The average Bonchev–Trinajstić information content (AvgIpc) is 3.09. The topological polar surface area (TPSA) is 89.1 Å². The van der Waals surface area contributed by atoms with E-state index in [0.29, 0.717) is 18.2 Å². The van der Waals surface area contributed by atoms with E-state index in [2.05, 4.69) is 15.2 Å². The van der Waals surface area contributed by atoms with Gasteiger partial charge in [0.1, 0.15) is 0 Å². The van der Waals surface area contributed by atoms with Crippen LogP contribution in [-0.2, 0) is 11.2 Å². The summed E-state index contributed by atoms with van der Waals surface area (Å²) in [7, 11) is 0. The van der Waals surface area contributed by atoms with Gasteiger partial charge in [-0.25, -0.2) is 0 Å². The molecule has 6 heteroatoms. The van der Waals surface area contributed by atoms with Gasteiger partial charge in [0, 0.05) is 24.4 Å². The molecular weight excluding hydrogens is 270 g/mol. The lowest BCUT2D eigenvalue weighted by molar-refractivity contribution is -0.139. The Bertz CT molecular complexity index is 618. The van der Waals surface area contributed by atoms with E-state index in [1.165, 1.54) is 0 Å². The summed E-state index contributed by atoms with van der Waals surface area (Å²) in [6.45, 7) is 0. The van der Waals surface area contributed by atoms with Gasteiger partial charge in [-0.2, -0.15) is 0 Å². The van der Waals surface area contributed by atoms with Gasteiger partial charge in [-0.3, -0.25) is 9.78 Å². The second kappa shape index (κ2) is 5.63. The van der Waals surface area contributed by atoms with Gasteiger partial charge in [-0.05, 0) is 30.4 Å². The highest BCUT2D eigenvalue weighted by Crippen LogP contribution is 2.43. The van der Waals surface area contributed by atoms with E-state index in [1.807, 2.05) is 0 Å². The number of hydrogen-bond donors (Lipinski definition) is 1. The summed E-state index contributed by atoms with van der Waals surface area (Å²) in [5, 5.41) is 17.3. The highest BCUT2D eigenvalue weighted by molar-refractivity contribution is 5.67. The molecule has 1 fully saturated rings. The molecule has 1 saturated carbocycles. The fourth-order valence-corrected chi connectivity index (χ4v) is 3.12. The molecule has 0 radical (unpaired) electrons. The van der Waals surface area contributed by atoms with Crippen LogP contribution in [0.3, 0.4) is 0 Å². The molecule has 0 unspecified atom stereocenters. The molecule has 3 rings (SSSR count). The highest BCUT2D eigenvalue weighted by Gasteiger charge is 2.37. The van der Waals surface area contributed by atoms with E-state index < -0.39 is 5.97 Å². The van der Waals surface area contributed by atoms with Crippen LogP contribution in [0, 0.1) is 5.41 Å². The molecule has 1 N–H and O–H groups in total. The first-order valence-electron chi connectivity index (χ1n) is 7.11. The molecule has 0 saturated heterocycles. The second-order valence-corrected chi connectivity index (χ2v) is 5.69. The van der Waals surface area contributed by atoms with Crippen molar-refractivity contribution in [2.45, 2.75) is 38.5 Å². The van der Waals surface area contributed by atoms with Crippen molar-refractivity contribution < 1.29 is 14.3 Å². The highest BCUT2D eigenvalue weighted by atomic mass is 16.4. The predicted molar refractivity (Wildman–Crippen MR) is 74.4 cm³/mol. The van der Waals surface area contributed by atoms with Crippen LogP contribution in [0.1, 0.15) is 38.0 Å². The van der Waals surface area contributed by atoms with E-state index >= 15 is 0 Å². The van der Waals surface area contributed by atoms with Gasteiger partial charge in [-0.1, -0.05) is 12.8 Å². The van der Waals surface area contributed by atoms with Crippen LogP contribution in [-0.4, -0.2) is 26.3 Å². The SMILES string of the molecule is O=C(O)CC1(Cc2nnc(-c3ccncc3)o2)CCCC1. The Morgan fingerprint density at radius 2 is 1.95 bits per heavy atom. The monoisotopic (exact) mass is 287 g/mol. The van der Waals surface area contributed by atoms with Crippen LogP contribution in [0.2, 0.25) is 0 Å². The van der Waals surface area contributed by atoms with Crippen LogP contribution in [0.5, 0.6) is 0 Å². The summed E-state index contributed by atoms with van der Waals surface area (Å²) in [6, 6.07) is 3.61. The molecule has 0 amide bonds. The number of aromatic nitrogens is 3. The van der Waals surface area contributed by atoms with Gasteiger partial charge in [0.2, 0.25) is 11.8 Å². The molecule has 0 bridgehead atoms. The summed E-state index contributed by atoms with van der Waals surface area (Å²) >= 11 is 0. The standard InChI is InChI=1S/C15H17N3O3/c19-13(20)10-15(5-1-2-6-15)9-12-17-18-14(21-12)11-3-7-16-8-4-11/h3-4,7-8H,1-2,5-6,9-10H2,(H,19,20). The molecule has 6 nitrogen and oxygen atoms in total. The first-order valence-corrected chi connectivity index (χ1v) is 7.11. The lowest BCUT2D eigenvalue weighted by atomic mass is 9.79. The minimum absolute atomic E-state index is 0.167. The fourth-order valence-electron chi connectivity index (χ4n) is 3.12. The number of aliphatic carboxylic acids is 1. The largest absolute Gasteiger partial charge is 0.481 e. The summed E-state index contributed by atoms with van der Waals surface area (Å²) in [5.41, 5.74) is 0.593. The maximum atomic E-state index is 11.1. The van der Waals surface area contributed by atoms with Gasteiger partial charge in [-0.15, -0.1) is 10.2 Å². The normalized spacial score (nSPS) is 17.0. The van der Waals surface area contributed by atoms with Crippen molar-refractivity contribution >= 4 is 5.97 Å². The Balaban J connectivity index is 1.78. The Kier molecular flexibility index (Phi) is 3.68. The number of nitrogens with zero attached hydrogens (tertiary/aromatic N) is 3. The predicted octanol–water partition coefficient (Wildman–Crippen LogP) is 2.71. The minimum atomic E-state index is -0.759. The third-order valence-electron chi connectivity index (χ3n) is 4.11. The summed E-state index contributed by atoms with van der Waals surface area (Å²) in [5.74, 6) is 0.214. The van der Waals surface area contributed by atoms with E-state index in [-0.39, 0.29) is 11.8 Å². The molecule has 2 aromatic rings. The molecular formula is C15H17N3O3. The number of carboxylic acids is 1. The zero-order chi connectivity index (χ0) is 14.7. The quantitative estimate of drug-likeness (QED) is 0.909. The summed E-state index contributed by atoms with van der Waals surface area (Å²) in [6.07, 6.45) is 8.00. The zero-order valence-electron chi connectivity index (χ0n) is 11.7. The van der Waals surface area contributed by atoms with Gasteiger partial charge in [0.25, 0.3) is 0 Å². The third kappa shape index (κ3) is 3.09. The molecule has 1 aliphatic rings. The first kappa shape index (κ1) is 13.7. The van der Waals surface area contributed by atoms with Crippen molar-refractivity contribution in [1.82, 2.24) is 15.2 Å². The first-order chi connectivity index (χ1) is 10.2. The van der Waals surface area contributed by atoms with Crippen LogP contribution in [0.4, 0.5) is 0 Å². The van der Waals surface area contributed by atoms with Gasteiger partial charge < -0.3 is 9.52 Å². The lowest BCUT2D eigenvalue weighted by Gasteiger charge is -2.24. The molecule has 0 aromatic carbocycles. The van der Waals surface area contributed by atoms with Crippen molar-refractivity contribution in [2.75, 3.05) is 0 Å². The van der Waals surface area contributed by atoms with Gasteiger partial charge in [0.05, 0.1) is 6.42 Å². The van der Waals surface area contributed by atoms with Crippen molar-refractivity contribution in [3.8, 4) is 11.5 Å². The molecule has 0 atom stereocenters. The molecule has 0 aliphatic heterocycles. The second-order valence-electron chi connectivity index (χ2n) is 5.69. The maximum absolute atomic E-state index is 11.1. The zero-order valence-corrected chi connectivity index (χ0v) is 11.7. The summed E-state index contributed by atoms with van der Waals surface area (Å²) in [4.78, 5) is 15.1. The molecule has 110 valence electrons. The average molecular weight is 287 g/mol. The number of pyridine rings is 1. The Morgan fingerprint density at radius 3 is 2.62 bits per heavy atom. The van der Waals surface area contributed by atoms with Crippen LogP contribution in [0.15, 0.2) is 28.9 Å². The van der Waals surface area contributed by atoms with Crippen LogP contribution >= 0.6 is 0 Å². The van der Waals surface area contributed by atoms with Crippen molar-refractivity contribution in [1.29, 1.82) is 0 Å². The van der Waals surface area contributed by atoms with Crippen molar-refractivity contribution in [3.05, 3.63) is 30.4 Å². The minimum Gasteiger partial charge on any atom is -0.481 e. The molecule has 2 aromatic heterocycles. The van der Waals surface area contributed by atoms with Crippen molar-refractivity contribution in [3.63, 3.8) is 0 Å². The number of carboxylic acid groups (broad SMARTS) is 1. The maximum Gasteiger partial charge on any atom is 0.303 e. The smallest absolute Gasteiger partial charge is 0.303 e. The van der Waals surface area contributed by atoms with Crippen LogP contribution in [0.25, 0.3) is 11.5 Å². The molecule has 0 spiro atoms. The fraction of sp³-hybridized carbons (Fsp3) is 0.467. The van der Waals surface area contributed by atoms with Gasteiger partial charge in [0.15, 0.2) is 0 Å². The lowest BCUT2D eigenvalue weighted by Crippen LogP contribution is -2.23. The third-order valence-corrected chi connectivity index (χ3v) is 4.11. The Morgan fingerprint density at radius 1 is 1.24 bits per heavy atom. The number of carbonyl (C=O) groups is 1. The number of rotatable bonds is 5. The van der Waals surface area contributed by atoms with Crippen LogP contribution < -0.4 is 0 Å². The molecule has 1 aliphatic carbocycles. The number of hydrogen-bond acceptors (Lipinski definition) is 5. The van der Waals surface area contributed by atoms with E-state index in [4.69, 9.17) is 9.52 Å². The van der Waals surface area contributed by atoms with Crippen molar-refractivity contribution in [2.24, 2.45) is 5.41 Å². The Labute approximate surface area is 122 Å². The van der Waals surface area contributed by atoms with Gasteiger partial charge >= 0.3 is 5.97 Å².